The lowest BCUT2D eigenvalue weighted by Crippen LogP contribution is -2.18. The fourth-order valence-electron chi connectivity index (χ4n) is 1.79. The Balaban J connectivity index is 2.82. The number of carbonyl (C=O) groups is 1. The van der Waals surface area contributed by atoms with Crippen LogP contribution in [0.1, 0.15) is 25.8 Å². The largest absolute Gasteiger partial charge is 0.481 e. The van der Waals surface area contributed by atoms with Gasteiger partial charge in [0.15, 0.2) is 0 Å². The first-order valence-corrected chi connectivity index (χ1v) is 6.32. The van der Waals surface area contributed by atoms with Crippen LogP contribution in [-0.4, -0.2) is 11.1 Å². The molecule has 17 heavy (non-hydrogen) atoms. The molecule has 0 saturated heterocycles. The maximum atomic E-state index is 11.1. The third-order valence-electron chi connectivity index (χ3n) is 2.59. The summed E-state index contributed by atoms with van der Waals surface area (Å²) in [6, 6.07) is 5.17. The molecule has 1 N–H and O–H groups in total. The van der Waals surface area contributed by atoms with E-state index in [1.165, 1.54) is 0 Å². The lowest BCUT2D eigenvalue weighted by atomic mass is 9.91. The Labute approximate surface area is 112 Å². The molecule has 0 heterocycles. The summed E-state index contributed by atoms with van der Waals surface area (Å²) in [6.45, 7) is 4.03. The average molecular weight is 275 g/mol. The predicted molar refractivity (Wildman–Crippen MR) is 70.7 cm³/mol. The minimum atomic E-state index is -0.773. The van der Waals surface area contributed by atoms with E-state index in [2.05, 4.69) is 0 Å². The molecule has 0 aromatic heterocycles. The SMILES string of the molecule is CC(C)CC(Cc1ccc(Cl)cc1Cl)C(=O)O. The van der Waals surface area contributed by atoms with E-state index in [4.69, 9.17) is 28.3 Å². The molecule has 0 aliphatic heterocycles. The van der Waals surface area contributed by atoms with Gasteiger partial charge in [-0.1, -0.05) is 43.1 Å². The number of halogens is 2. The van der Waals surface area contributed by atoms with Crippen LogP contribution in [0.2, 0.25) is 10.0 Å². The molecule has 0 radical (unpaired) electrons. The maximum Gasteiger partial charge on any atom is 0.306 e. The highest BCUT2D eigenvalue weighted by Crippen LogP contribution is 2.25. The van der Waals surface area contributed by atoms with Gasteiger partial charge in [0, 0.05) is 10.0 Å². The average Bonchev–Trinajstić information content (AvgIpc) is 2.19. The highest BCUT2D eigenvalue weighted by molar-refractivity contribution is 6.35. The van der Waals surface area contributed by atoms with Crippen molar-refractivity contribution in [2.24, 2.45) is 11.8 Å². The second-order valence-corrected chi connectivity index (χ2v) is 5.45. The molecule has 0 aliphatic carbocycles. The van der Waals surface area contributed by atoms with Crippen molar-refractivity contribution in [3.8, 4) is 0 Å². The van der Waals surface area contributed by atoms with Crippen molar-refractivity contribution in [3.63, 3.8) is 0 Å². The molecule has 1 aromatic carbocycles. The predicted octanol–water partition coefficient (Wildman–Crippen LogP) is 4.28. The first-order chi connectivity index (χ1) is 7.90. The number of aliphatic carboxylic acids is 1. The molecule has 1 aromatic rings. The van der Waals surface area contributed by atoms with Crippen LogP contribution in [0.5, 0.6) is 0 Å². The highest BCUT2D eigenvalue weighted by atomic mass is 35.5. The molecule has 4 heteroatoms. The zero-order valence-corrected chi connectivity index (χ0v) is 11.4. The van der Waals surface area contributed by atoms with Crippen LogP contribution in [0, 0.1) is 11.8 Å². The Morgan fingerprint density at radius 2 is 2.00 bits per heavy atom. The Kier molecular flexibility index (Phi) is 5.29. The van der Waals surface area contributed by atoms with E-state index in [9.17, 15) is 4.79 Å². The first-order valence-electron chi connectivity index (χ1n) is 5.57. The van der Waals surface area contributed by atoms with Gasteiger partial charge in [-0.25, -0.2) is 0 Å². The van der Waals surface area contributed by atoms with Crippen LogP contribution in [0.4, 0.5) is 0 Å². The fourth-order valence-corrected chi connectivity index (χ4v) is 2.28. The molecular formula is C13H16Cl2O2. The molecule has 2 nitrogen and oxygen atoms in total. The van der Waals surface area contributed by atoms with E-state index in [1.807, 2.05) is 13.8 Å². The summed E-state index contributed by atoms with van der Waals surface area (Å²) in [5, 5.41) is 10.3. The Morgan fingerprint density at radius 1 is 1.35 bits per heavy atom. The third kappa shape index (κ3) is 4.57. The molecule has 0 amide bonds. The standard InChI is InChI=1S/C13H16Cl2O2/c1-8(2)5-10(13(16)17)6-9-3-4-11(14)7-12(9)15/h3-4,7-8,10H,5-6H2,1-2H3,(H,16,17). The third-order valence-corrected chi connectivity index (χ3v) is 3.17. The molecule has 0 bridgehead atoms. The molecule has 0 saturated carbocycles. The van der Waals surface area contributed by atoms with Crippen LogP contribution in [0.15, 0.2) is 18.2 Å². The second kappa shape index (κ2) is 6.27. The molecule has 1 atom stereocenters. The maximum absolute atomic E-state index is 11.1. The topological polar surface area (TPSA) is 37.3 Å². The van der Waals surface area contributed by atoms with Gasteiger partial charge in [0.05, 0.1) is 5.92 Å². The Bertz CT molecular complexity index is 402. The number of rotatable bonds is 5. The van der Waals surface area contributed by atoms with Gasteiger partial charge < -0.3 is 5.11 Å². The van der Waals surface area contributed by atoms with E-state index in [-0.39, 0.29) is 0 Å². The minimum Gasteiger partial charge on any atom is -0.481 e. The Morgan fingerprint density at radius 3 is 2.47 bits per heavy atom. The van der Waals surface area contributed by atoms with Gasteiger partial charge in [-0.2, -0.15) is 0 Å². The van der Waals surface area contributed by atoms with Crippen molar-refractivity contribution in [2.75, 3.05) is 0 Å². The van der Waals surface area contributed by atoms with E-state index < -0.39 is 11.9 Å². The molecule has 1 unspecified atom stereocenters. The quantitative estimate of drug-likeness (QED) is 0.870. The molecule has 94 valence electrons. The van der Waals surface area contributed by atoms with Gasteiger partial charge in [-0.05, 0) is 36.5 Å². The second-order valence-electron chi connectivity index (χ2n) is 4.60. The van der Waals surface area contributed by atoms with Crippen molar-refractivity contribution in [1.82, 2.24) is 0 Å². The molecular weight excluding hydrogens is 259 g/mol. The summed E-state index contributed by atoms with van der Waals surface area (Å²) in [5.74, 6) is -0.819. The summed E-state index contributed by atoms with van der Waals surface area (Å²) < 4.78 is 0. The Hall–Kier alpha value is -0.730. The van der Waals surface area contributed by atoms with Crippen molar-refractivity contribution in [2.45, 2.75) is 26.7 Å². The van der Waals surface area contributed by atoms with E-state index in [0.29, 0.717) is 28.8 Å². The van der Waals surface area contributed by atoms with Gasteiger partial charge in [-0.15, -0.1) is 0 Å². The molecule has 1 rings (SSSR count). The van der Waals surface area contributed by atoms with Gasteiger partial charge >= 0.3 is 5.97 Å². The zero-order chi connectivity index (χ0) is 13.0. The number of carboxylic acids is 1. The number of benzene rings is 1. The van der Waals surface area contributed by atoms with Gasteiger partial charge in [0.25, 0.3) is 0 Å². The number of carboxylic acid groups (broad SMARTS) is 1. The first kappa shape index (κ1) is 14.3. The van der Waals surface area contributed by atoms with E-state index >= 15 is 0 Å². The van der Waals surface area contributed by atoms with Gasteiger partial charge in [0.2, 0.25) is 0 Å². The lowest BCUT2D eigenvalue weighted by Gasteiger charge is -2.15. The smallest absolute Gasteiger partial charge is 0.306 e. The highest BCUT2D eigenvalue weighted by Gasteiger charge is 2.20. The summed E-state index contributed by atoms with van der Waals surface area (Å²) in [6.07, 6.45) is 1.10. The van der Waals surface area contributed by atoms with Crippen LogP contribution in [-0.2, 0) is 11.2 Å². The fraction of sp³-hybridized carbons (Fsp3) is 0.462. The van der Waals surface area contributed by atoms with E-state index in [1.54, 1.807) is 18.2 Å². The van der Waals surface area contributed by atoms with Crippen molar-refractivity contribution in [1.29, 1.82) is 0 Å². The lowest BCUT2D eigenvalue weighted by molar-refractivity contribution is -0.142. The van der Waals surface area contributed by atoms with Crippen molar-refractivity contribution < 1.29 is 9.90 Å². The molecule has 0 spiro atoms. The van der Waals surface area contributed by atoms with E-state index in [0.717, 1.165) is 5.56 Å². The number of hydrogen-bond acceptors (Lipinski definition) is 1. The van der Waals surface area contributed by atoms with Crippen LogP contribution >= 0.6 is 23.2 Å². The van der Waals surface area contributed by atoms with Gasteiger partial charge in [-0.3, -0.25) is 4.79 Å². The van der Waals surface area contributed by atoms with Crippen molar-refractivity contribution in [3.05, 3.63) is 33.8 Å². The number of hydrogen-bond donors (Lipinski definition) is 1. The van der Waals surface area contributed by atoms with Crippen molar-refractivity contribution >= 4 is 29.2 Å². The summed E-state index contributed by atoms with van der Waals surface area (Å²) >= 11 is 11.8. The normalized spacial score (nSPS) is 12.8. The minimum absolute atomic E-state index is 0.349. The summed E-state index contributed by atoms with van der Waals surface area (Å²) in [4.78, 5) is 11.1. The van der Waals surface area contributed by atoms with Gasteiger partial charge in [0.1, 0.15) is 0 Å². The summed E-state index contributed by atoms with van der Waals surface area (Å²) in [7, 11) is 0. The molecule has 0 fully saturated rings. The summed E-state index contributed by atoms with van der Waals surface area (Å²) in [5.41, 5.74) is 0.837. The van der Waals surface area contributed by atoms with Crippen LogP contribution < -0.4 is 0 Å². The van der Waals surface area contributed by atoms with Crippen LogP contribution in [0.25, 0.3) is 0 Å². The van der Waals surface area contributed by atoms with Crippen LogP contribution in [0.3, 0.4) is 0 Å². The zero-order valence-electron chi connectivity index (χ0n) is 9.91. The monoisotopic (exact) mass is 274 g/mol. The molecule has 0 aliphatic rings.